The second-order valence-electron chi connectivity index (χ2n) is 7.10. The van der Waals surface area contributed by atoms with Crippen LogP contribution in [0.5, 0.6) is 0 Å². The molecule has 26 heavy (non-hydrogen) atoms. The van der Waals surface area contributed by atoms with Crippen LogP contribution < -0.4 is 0 Å². The predicted octanol–water partition coefficient (Wildman–Crippen LogP) is 0.720. The topological polar surface area (TPSA) is 70.8 Å². The largest absolute Gasteiger partial charge is 0.391 e. The molecule has 1 aromatic heterocycles. The SMILES string of the molecule is O=C(Cn1cnc2ccccc21)N1CC[C@H](O)[C@@H](N2CCOCC2)CC1. The maximum absolute atomic E-state index is 12.8. The first kappa shape index (κ1) is 17.5. The second kappa shape index (κ2) is 7.73. The molecule has 2 aliphatic rings. The average Bonchev–Trinajstić information content (AvgIpc) is 2.97. The Bertz CT molecular complexity index is 756. The molecule has 0 aliphatic carbocycles. The molecule has 2 aromatic rings. The Hall–Kier alpha value is -1.96. The summed E-state index contributed by atoms with van der Waals surface area (Å²) in [6.45, 7) is 4.74. The first-order chi connectivity index (χ1) is 12.7. The van der Waals surface area contributed by atoms with E-state index >= 15 is 0 Å². The molecule has 1 N–H and O–H groups in total. The number of aliphatic hydroxyl groups excluding tert-OH is 1. The third-order valence-corrected chi connectivity index (χ3v) is 5.53. The number of amides is 1. The first-order valence-corrected chi connectivity index (χ1v) is 9.40. The van der Waals surface area contributed by atoms with E-state index in [0.29, 0.717) is 26.1 Å². The lowest BCUT2D eigenvalue weighted by molar-refractivity contribution is -0.131. The highest BCUT2D eigenvalue weighted by Crippen LogP contribution is 2.20. The van der Waals surface area contributed by atoms with Gasteiger partial charge in [0.05, 0.1) is 36.7 Å². The minimum Gasteiger partial charge on any atom is -0.391 e. The van der Waals surface area contributed by atoms with Crippen LogP contribution in [-0.4, -0.2) is 81.9 Å². The van der Waals surface area contributed by atoms with Gasteiger partial charge in [-0.15, -0.1) is 0 Å². The average molecular weight is 358 g/mol. The van der Waals surface area contributed by atoms with Crippen LogP contribution in [0.3, 0.4) is 0 Å². The Balaban J connectivity index is 1.40. The molecular formula is C19H26N4O3. The van der Waals surface area contributed by atoms with E-state index in [-0.39, 0.29) is 18.1 Å². The van der Waals surface area contributed by atoms with Gasteiger partial charge in [-0.25, -0.2) is 4.98 Å². The van der Waals surface area contributed by atoms with Crippen LogP contribution in [-0.2, 0) is 16.1 Å². The fourth-order valence-electron chi connectivity index (χ4n) is 4.04. The highest BCUT2D eigenvalue weighted by molar-refractivity contribution is 5.80. The minimum absolute atomic E-state index is 0.0861. The van der Waals surface area contributed by atoms with Gasteiger partial charge in [0.25, 0.3) is 0 Å². The molecule has 2 aliphatic heterocycles. The van der Waals surface area contributed by atoms with Gasteiger partial charge < -0.3 is 19.3 Å². The Morgan fingerprint density at radius 3 is 2.77 bits per heavy atom. The number of imidazole rings is 1. The zero-order valence-electron chi connectivity index (χ0n) is 15.0. The van der Waals surface area contributed by atoms with Crippen molar-refractivity contribution in [1.29, 1.82) is 0 Å². The smallest absolute Gasteiger partial charge is 0.242 e. The molecule has 1 amide bonds. The van der Waals surface area contributed by atoms with Crippen molar-refractivity contribution < 1.29 is 14.6 Å². The van der Waals surface area contributed by atoms with Crippen LogP contribution in [0.1, 0.15) is 12.8 Å². The van der Waals surface area contributed by atoms with Gasteiger partial charge in [0, 0.05) is 32.2 Å². The molecule has 2 atom stereocenters. The van der Waals surface area contributed by atoms with Crippen molar-refractivity contribution in [3.63, 3.8) is 0 Å². The van der Waals surface area contributed by atoms with Gasteiger partial charge in [0.15, 0.2) is 0 Å². The normalized spacial score (nSPS) is 25.3. The van der Waals surface area contributed by atoms with Gasteiger partial charge >= 0.3 is 0 Å². The van der Waals surface area contributed by atoms with Gasteiger partial charge in [-0.2, -0.15) is 0 Å². The van der Waals surface area contributed by atoms with Gasteiger partial charge in [0.1, 0.15) is 6.54 Å². The van der Waals surface area contributed by atoms with E-state index in [4.69, 9.17) is 4.74 Å². The molecule has 1 aromatic carbocycles. The number of hydrogen-bond acceptors (Lipinski definition) is 5. The molecule has 2 fully saturated rings. The summed E-state index contributed by atoms with van der Waals surface area (Å²) in [4.78, 5) is 21.4. The number of rotatable bonds is 3. The number of para-hydroxylation sites is 2. The van der Waals surface area contributed by atoms with Crippen LogP contribution in [0.4, 0.5) is 0 Å². The Labute approximate surface area is 153 Å². The number of aromatic nitrogens is 2. The molecule has 2 saturated heterocycles. The summed E-state index contributed by atoms with van der Waals surface area (Å²) < 4.78 is 7.31. The minimum atomic E-state index is -0.389. The zero-order valence-corrected chi connectivity index (χ0v) is 15.0. The summed E-state index contributed by atoms with van der Waals surface area (Å²) in [5, 5.41) is 10.6. The van der Waals surface area contributed by atoms with Gasteiger partial charge in [-0.05, 0) is 25.0 Å². The van der Waals surface area contributed by atoms with Crippen LogP contribution >= 0.6 is 0 Å². The summed E-state index contributed by atoms with van der Waals surface area (Å²) in [5.74, 6) is 0.0861. The molecular weight excluding hydrogens is 332 g/mol. The van der Waals surface area contributed by atoms with Gasteiger partial charge in [0.2, 0.25) is 5.91 Å². The Morgan fingerprint density at radius 1 is 1.15 bits per heavy atom. The van der Waals surface area contributed by atoms with Crippen molar-refractivity contribution in [2.75, 3.05) is 39.4 Å². The number of likely N-dealkylation sites (tertiary alicyclic amines) is 1. The van der Waals surface area contributed by atoms with E-state index in [2.05, 4.69) is 9.88 Å². The lowest BCUT2D eigenvalue weighted by Crippen LogP contribution is -2.49. The van der Waals surface area contributed by atoms with E-state index < -0.39 is 0 Å². The number of carbonyl (C=O) groups excluding carboxylic acids is 1. The predicted molar refractivity (Wildman–Crippen MR) is 97.7 cm³/mol. The monoisotopic (exact) mass is 358 g/mol. The van der Waals surface area contributed by atoms with Crippen molar-refractivity contribution in [2.45, 2.75) is 31.5 Å². The number of fused-ring (bicyclic) bond motifs is 1. The molecule has 0 saturated carbocycles. The maximum atomic E-state index is 12.8. The number of ether oxygens (including phenoxy) is 1. The van der Waals surface area contributed by atoms with Crippen molar-refractivity contribution in [3.8, 4) is 0 Å². The number of benzene rings is 1. The highest BCUT2D eigenvalue weighted by Gasteiger charge is 2.31. The van der Waals surface area contributed by atoms with E-state index in [1.807, 2.05) is 33.7 Å². The summed E-state index contributed by atoms with van der Waals surface area (Å²) >= 11 is 0. The molecule has 3 heterocycles. The summed E-state index contributed by atoms with van der Waals surface area (Å²) in [6.07, 6.45) is 2.77. The fourth-order valence-corrected chi connectivity index (χ4v) is 4.04. The van der Waals surface area contributed by atoms with Crippen molar-refractivity contribution in [3.05, 3.63) is 30.6 Å². The van der Waals surface area contributed by atoms with Crippen LogP contribution in [0.2, 0.25) is 0 Å². The Kier molecular flexibility index (Phi) is 5.19. The number of carbonyl (C=O) groups is 1. The zero-order chi connectivity index (χ0) is 17.9. The fraction of sp³-hybridized carbons (Fsp3) is 0.579. The van der Waals surface area contributed by atoms with E-state index in [9.17, 15) is 9.90 Å². The van der Waals surface area contributed by atoms with Crippen molar-refractivity contribution in [2.24, 2.45) is 0 Å². The second-order valence-corrected chi connectivity index (χ2v) is 7.10. The molecule has 140 valence electrons. The molecule has 7 nitrogen and oxygen atoms in total. The van der Waals surface area contributed by atoms with E-state index in [0.717, 1.165) is 43.8 Å². The number of aliphatic hydroxyl groups is 1. The summed E-state index contributed by atoms with van der Waals surface area (Å²) in [5.41, 5.74) is 1.88. The van der Waals surface area contributed by atoms with Gasteiger partial charge in [-0.3, -0.25) is 9.69 Å². The molecule has 0 radical (unpaired) electrons. The molecule has 0 spiro atoms. The standard InChI is InChI=1S/C19H26N4O3/c24-18-6-8-22(7-5-17(18)21-9-11-26-12-10-21)19(25)13-23-14-20-15-3-1-2-4-16(15)23/h1-4,14,17-18,24H,5-13H2/t17-,18-/m0/s1. The third kappa shape index (κ3) is 3.60. The van der Waals surface area contributed by atoms with Crippen LogP contribution in [0.15, 0.2) is 30.6 Å². The maximum Gasteiger partial charge on any atom is 0.242 e. The van der Waals surface area contributed by atoms with Gasteiger partial charge in [-0.1, -0.05) is 12.1 Å². The van der Waals surface area contributed by atoms with Crippen LogP contribution in [0, 0.1) is 0 Å². The quantitative estimate of drug-likeness (QED) is 0.876. The number of nitrogens with zero attached hydrogens (tertiary/aromatic N) is 4. The van der Waals surface area contributed by atoms with Crippen molar-refractivity contribution in [1.82, 2.24) is 19.4 Å². The molecule has 0 unspecified atom stereocenters. The van der Waals surface area contributed by atoms with E-state index in [1.165, 1.54) is 0 Å². The first-order valence-electron chi connectivity index (χ1n) is 9.40. The Morgan fingerprint density at radius 2 is 1.92 bits per heavy atom. The molecule has 0 bridgehead atoms. The lowest BCUT2D eigenvalue weighted by Gasteiger charge is -2.36. The molecule has 7 heteroatoms. The summed E-state index contributed by atoms with van der Waals surface area (Å²) in [6, 6.07) is 7.96. The summed E-state index contributed by atoms with van der Waals surface area (Å²) in [7, 11) is 0. The highest BCUT2D eigenvalue weighted by atomic mass is 16.5. The van der Waals surface area contributed by atoms with Crippen molar-refractivity contribution >= 4 is 16.9 Å². The number of hydrogen-bond donors (Lipinski definition) is 1. The van der Waals surface area contributed by atoms with Crippen LogP contribution in [0.25, 0.3) is 11.0 Å². The van der Waals surface area contributed by atoms with E-state index in [1.54, 1.807) is 6.33 Å². The number of morpholine rings is 1. The molecule has 4 rings (SSSR count). The third-order valence-electron chi connectivity index (χ3n) is 5.53. The lowest BCUT2D eigenvalue weighted by atomic mass is 10.0.